The summed E-state index contributed by atoms with van der Waals surface area (Å²) in [6, 6.07) is 6.52. The monoisotopic (exact) mass is 288 g/mol. The van der Waals surface area contributed by atoms with Gasteiger partial charge in [-0.05, 0) is 48.7 Å². The van der Waals surface area contributed by atoms with Gasteiger partial charge < -0.3 is 10.2 Å². The maximum Gasteiger partial charge on any atom is 0.336 e. The molecule has 0 heterocycles. The Hall–Kier alpha value is -2.69. The van der Waals surface area contributed by atoms with Crippen LogP contribution in [-0.2, 0) is 0 Å². The van der Waals surface area contributed by atoms with Gasteiger partial charge in [0.15, 0.2) is 0 Å². The first-order chi connectivity index (χ1) is 9.82. The van der Waals surface area contributed by atoms with Gasteiger partial charge in [-0.2, -0.15) is 0 Å². The van der Waals surface area contributed by atoms with Crippen LogP contribution in [0.3, 0.4) is 0 Å². The molecule has 0 aliphatic rings. The number of rotatable bonds is 3. The summed E-state index contributed by atoms with van der Waals surface area (Å²) < 4.78 is 13.0. The molecule has 2 aromatic rings. The molecular weight excluding hydrogens is 275 g/mol. The predicted octanol–water partition coefficient (Wildman–Crippen LogP) is 3.51. The van der Waals surface area contributed by atoms with Crippen LogP contribution in [0.1, 0.15) is 31.8 Å². The molecule has 0 aromatic heterocycles. The van der Waals surface area contributed by atoms with Crippen molar-refractivity contribution in [2.45, 2.75) is 13.8 Å². The molecule has 0 spiro atoms. The quantitative estimate of drug-likeness (QED) is 0.906. The molecule has 2 N–H and O–H groups in total. The molecule has 2 aromatic carbocycles. The third-order valence-corrected chi connectivity index (χ3v) is 3.42. The molecule has 0 fully saturated rings. The third-order valence-electron chi connectivity index (χ3n) is 3.42. The molecule has 108 valence electrons. The second-order valence-corrected chi connectivity index (χ2v) is 4.73. The summed E-state index contributed by atoms with van der Waals surface area (Å²) in [4.78, 5) is 23.0. The van der Waals surface area contributed by atoms with E-state index in [1.165, 1.54) is 30.3 Å². The molecule has 21 heavy (non-hydrogen) atoms. The van der Waals surface area contributed by atoms with Gasteiger partial charge in [-0.15, -0.1) is 0 Å². The minimum atomic E-state index is -1.22. The Morgan fingerprint density at radius 1 is 1.00 bits per heavy atom. The zero-order valence-corrected chi connectivity index (χ0v) is 11.5. The van der Waals surface area contributed by atoms with Gasteiger partial charge in [0.1, 0.15) is 5.82 Å². The second-order valence-electron chi connectivity index (χ2n) is 4.73. The molecule has 0 saturated heterocycles. The lowest BCUT2D eigenvalue weighted by Crippen LogP contribution is -2.10. The number of carboxylic acid groups (broad SMARTS) is 2. The normalized spacial score (nSPS) is 10.4. The van der Waals surface area contributed by atoms with Crippen molar-refractivity contribution in [1.82, 2.24) is 0 Å². The fraction of sp³-hybridized carbons (Fsp3) is 0.125. The highest BCUT2D eigenvalue weighted by Crippen LogP contribution is 2.32. The fourth-order valence-electron chi connectivity index (χ4n) is 2.27. The highest BCUT2D eigenvalue weighted by molar-refractivity contribution is 6.06. The standard InChI is InChI=1S/C16H13FO4/c1-8-7-12(15(18)19)14(13(9(8)2)16(20)21)10-3-5-11(17)6-4-10/h3-7H,1-2H3,(H,18,19)(H,20,21). The average molecular weight is 288 g/mol. The molecule has 0 amide bonds. The minimum absolute atomic E-state index is 0.0704. The lowest BCUT2D eigenvalue weighted by Gasteiger charge is -2.15. The van der Waals surface area contributed by atoms with E-state index >= 15 is 0 Å². The van der Waals surface area contributed by atoms with E-state index in [1.807, 2.05) is 0 Å². The van der Waals surface area contributed by atoms with Crippen molar-refractivity contribution in [1.29, 1.82) is 0 Å². The topological polar surface area (TPSA) is 74.6 Å². The fourth-order valence-corrected chi connectivity index (χ4v) is 2.27. The van der Waals surface area contributed by atoms with Gasteiger partial charge in [0.25, 0.3) is 0 Å². The number of hydrogen-bond acceptors (Lipinski definition) is 2. The minimum Gasteiger partial charge on any atom is -0.478 e. The lowest BCUT2D eigenvalue weighted by molar-refractivity contribution is 0.0695. The number of carboxylic acids is 2. The van der Waals surface area contributed by atoms with Gasteiger partial charge in [-0.1, -0.05) is 12.1 Å². The van der Waals surface area contributed by atoms with Crippen molar-refractivity contribution in [2.75, 3.05) is 0 Å². The Kier molecular flexibility index (Phi) is 3.76. The number of hydrogen-bond donors (Lipinski definition) is 2. The van der Waals surface area contributed by atoms with Gasteiger partial charge >= 0.3 is 11.9 Å². The highest BCUT2D eigenvalue weighted by Gasteiger charge is 2.23. The zero-order chi connectivity index (χ0) is 15.7. The Bertz CT molecular complexity index is 733. The summed E-state index contributed by atoms with van der Waals surface area (Å²) in [5, 5.41) is 18.8. The van der Waals surface area contributed by atoms with E-state index < -0.39 is 17.8 Å². The van der Waals surface area contributed by atoms with E-state index in [0.29, 0.717) is 16.7 Å². The van der Waals surface area contributed by atoms with Crippen LogP contribution in [0.2, 0.25) is 0 Å². The van der Waals surface area contributed by atoms with Gasteiger partial charge in [0.05, 0.1) is 11.1 Å². The number of benzene rings is 2. The smallest absolute Gasteiger partial charge is 0.336 e. The highest BCUT2D eigenvalue weighted by atomic mass is 19.1. The van der Waals surface area contributed by atoms with Crippen LogP contribution in [0.15, 0.2) is 30.3 Å². The number of halogens is 1. The zero-order valence-electron chi connectivity index (χ0n) is 11.5. The molecule has 4 nitrogen and oxygen atoms in total. The molecule has 0 aliphatic carbocycles. The maximum atomic E-state index is 13.0. The predicted molar refractivity (Wildman–Crippen MR) is 75.2 cm³/mol. The Morgan fingerprint density at radius 2 is 1.57 bits per heavy atom. The summed E-state index contributed by atoms with van der Waals surface area (Å²) in [6.45, 7) is 3.28. The Balaban J connectivity index is 2.89. The Morgan fingerprint density at radius 3 is 2.05 bits per heavy atom. The largest absolute Gasteiger partial charge is 0.478 e. The van der Waals surface area contributed by atoms with Gasteiger partial charge in [0, 0.05) is 5.56 Å². The van der Waals surface area contributed by atoms with Crippen LogP contribution >= 0.6 is 0 Å². The van der Waals surface area contributed by atoms with Gasteiger partial charge in [0.2, 0.25) is 0 Å². The summed E-state index contributed by atoms with van der Waals surface area (Å²) in [7, 11) is 0. The van der Waals surface area contributed by atoms with Crippen LogP contribution < -0.4 is 0 Å². The van der Waals surface area contributed by atoms with Crippen LogP contribution in [0.25, 0.3) is 11.1 Å². The molecular formula is C16H13FO4. The molecule has 0 unspecified atom stereocenters. The van der Waals surface area contributed by atoms with Crippen LogP contribution in [0.5, 0.6) is 0 Å². The molecule has 2 rings (SSSR count). The first-order valence-corrected chi connectivity index (χ1v) is 6.19. The molecule has 0 radical (unpaired) electrons. The van der Waals surface area contributed by atoms with Crippen molar-refractivity contribution in [3.05, 3.63) is 58.4 Å². The van der Waals surface area contributed by atoms with E-state index in [-0.39, 0.29) is 16.7 Å². The first kappa shape index (κ1) is 14.7. The van der Waals surface area contributed by atoms with E-state index in [0.717, 1.165) is 0 Å². The van der Waals surface area contributed by atoms with Crippen molar-refractivity contribution < 1.29 is 24.2 Å². The molecule has 0 atom stereocenters. The molecule has 5 heteroatoms. The lowest BCUT2D eigenvalue weighted by atomic mass is 9.88. The van der Waals surface area contributed by atoms with Gasteiger partial charge in [-0.3, -0.25) is 0 Å². The molecule has 0 bridgehead atoms. The number of carbonyl (C=O) groups is 2. The van der Waals surface area contributed by atoms with E-state index in [2.05, 4.69) is 0 Å². The maximum absolute atomic E-state index is 13.0. The number of aromatic carboxylic acids is 2. The number of aryl methyl sites for hydroxylation is 1. The summed E-state index contributed by atoms with van der Waals surface area (Å²) in [6.07, 6.45) is 0. The van der Waals surface area contributed by atoms with Crippen LogP contribution in [-0.4, -0.2) is 22.2 Å². The third kappa shape index (κ3) is 2.63. The van der Waals surface area contributed by atoms with Crippen molar-refractivity contribution in [2.24, 2.45) is 0 Å². The first-order valence-electron chi connectivity index (χ1n) is 6.19. The van der Waals surface area contributed by atoms with Crippen molar-refractivity contribution in [3.63, 3.8) is 0 Å². The molecule has 0 aliphatic heterocycles. The summed E-state index contributed by atoms with van der Waals surface area (Å²) >= 11 is 0. The van der Waals surface area contributed by atoms with Crippen LogP contribution in [0.4, 0.5) is 4.39 Å². The van der Waals surface area contributed by atoms with Crippen molar-refractivity contribution in [3.8, 4) is 11.1 Å². The average Bonchev–Trinajstić information content (AvgIpc) is 2.41. The summed E-state index contributed by atoms with van der Waals surface area (Å²) in [5.74, 6) is -2.91. The van der Waals surface area contributed by atoms with Gasteiger partial charge in [-0.25, -0.2) is 14.0 Å². The summed E-state index contributed by atoms with van der Waals surface area (Å²) in [5.41, 5.74) is 1.34. The van der Waals surface area contributed by atoms with Crippen molar-refractivity contribution >= 4 is 11.9 Å². The molecule has 0 saturated carbocycles. The van der Waals surface area contributed by atoms with Crippen LogP contribution in [0, 0.1) is 19.7 Å². The van der Waals surface area contributed by atoms with E-state index in [4.69, 9.17) is 0 Å². The second kappa shape index (κ2) is 5.36. The van der Waals surface area contributed by atoms with E-state index in [9.17, 15) is 24.2 Å². The van der Waals surface area contributed by atoms with E-state index in [1.54, 1.807) is 13.8 Å². The Labute approximate surface area is 120 Å². The SMILES string of the molecule is Cc1cc(C(=O)O)c(-c2ccc(F)cc2)c(C(=O)O)c1C.